The number of nitro groups is 1. The van der Waals surface area contributed by atoms with E-state index in [1.807, 2.05) is 6.92 Å². The van der Waals surface area contributed by atoms with Crippen molar-refractivity contribution in [1.29, 1.82) is 0 Å². The molecule has 1 aromatic carbocycles. The molecule has 0 N–H and O–H groups in total. The van der Waals surface area contributed by atoms with Crippen LogP contribution in [-0.2, 0) is 0 Å². The third-order valence-corrected chi connectivity index (χ3v) is 3.20. The van der Waals surface area contributed by atoms with Crippen molar-refractivity contribution in [2.45, 2.75) is 26.7 Å². The van der Waals surface area contributed by atoms with E-state index in [0.29, 0.717) is 18.9 Å². The van der Waals surface area contributed by atoms with E-state index in [9.17, 15) is 14.9 Å². The van der Waals surface area contributed by atoms with Crippen LogP contribution in [0.3, 0.4) is 0 Å². The van der Waals surface area contributed by atoms with Crippen molar-refractivity contribution in [1.82, 2.24) is 4.90 Å². The third-order valence-electron chi connectivity index (χ3n) is 3.20. The van der Waals surface area contributed by atoms with Gasteiger partial charge in [-0.3, -0.25) is 14.9 Å². The number of hydrogen-bond donors (Lipinski definition) is 0. The summed E-state index contributed by atoms with van der Waals surface area (Å²) < 4.78 is 10.5. The zero-order valence-corrected chi connectivity index (χ0v) is 13.4. The average Bonchev–Trinajstić information content (AvgIpc) is 2.51. The summed E-state index contributed by atoms with van der Waals surface area (Å²) in [6, 6.07) is 2.61. The lowest BCUT2D eigenvalue weighted by Gasteiger charge is -2.18. The molecule has 0 saturated carbocycles. The molecule has 0 aliphatic carbocycles. The van der Waals surface area contributed by atoms with Crippen LogP contribution in [-0.4, -0.2) is 43.0 Å². The van der Waals surface area contributed by atoms with E-state index in [1.54, 1.807) is 14.0 Å². The summed E-state index contributed by atoms with van der Waals surface area (Å²) in [6.07, 6.45) is 1.77. The number of nitro benzene ring substituents is 1. The van der Waals surface area contributed by atoms with Gasteiger partial charge in [-0.2, -0.15) is 0 Å². The zero-order chi connectivity index (χ0) is 16.7. The van der Waals surface area contributed by atoms with Gasteiger partial charge in [0.25, 0.3) is 11.6 Å². The predicted octanol–water partition coefficient (Wildman–Crippen LogP) is 2.87. The van der Waals surface area contributed by atoms with Gasteiger partial charge >= 0.3 is 0 Å². The lowest BCUT2D eigenvalue weighted by atomic mass is 10.1. The van der Waals surface area contributed by atoms with Crippen molar-refractivity contribution in [2.24, 2.45) is 0 Å². The second kappa shape index (κ2) is 8.21. The first-order valence-electron chi connectivity index (χ1n) is 7.20. The average molecular weight is 310 g/mol. The Kier molecular flexibility index (Phi) is 6.62. The van der Waals surface area contributed by atoms with Crippen LogP contribution < -0.4 is 9.47 Å². The molecule has 0 saturated heterocycles. The van der Waals surface area contributed by atoms with Crippen LogP contribution in [0.4, 0.5) is 5.69 Å². The molecule has 0 radical (unpaired) electrons. The highest BCUT2D eigenvalue weighted by atomic mass is 16.6. The molecule has 0 spiro atoms. The highest BCUT2D eigenvalue weighted by Gasteiger charge is 2.26. The lowest BCUT2D eigenvalue weighted by Crippen LogP contribution is -2.28. The maximum Gasteiger partial charge on any atom is 0.286 e. The van der Waals surface area contributed by atoms with Gasteiger partial charge in [-0.05, 0) is 13.3 Å². The number of unbranched alkanes of at least 4 members (excludes halogenated alkanes) is 1. The van der Waals surface area contributed by atoms with Crippen LogP contribution in [0.15, 0.2) is 12.1 Å². The molecular formula is C15H22N2O5. The molecule has 0 aliphatic rings. The smallest absolute Gasteiger partial charge is 0.286 e. The van der Waals surface area contributed by atoms with Gasteiger partial charge in [0.2, 0.25) is 0 Å². The van der Waals surface area contributed by atoms with Gasteiger partial charge in [0.15, 0.2) is 11.5 Å². The number of ether oxygens (including phenoxy) is 2. The molecule has 0 unspecified atom stereocenters. The fraction of sp³-hybridized carbons (Fsp3) is 0.533. The van der Waals surface area contributed by atoms with E-state index >= 15 is 0 Å². The minimum Gasteiger partial charge on any atom is -0.493 e. The van der Waals surface area contributed by atoms with E-state index in [4.69, 9.17) is 9.47 Å². The summed E-state index contributed by atoms with van der Waals surface area (Å²) in [5, 5.41) is 11.2. The Bertz CT molecular complexity index is 545. The third kappa shape index (κ3) is 4.09. The van der Waals surface area contributed by atoms with Crippen LogP contribution in [0.25, 0.3) is 0 Å². The Balaban J connectivity index is 3.27. The van der Waals surface area contributed by atoms with Gasteiger partial charge in [0.1, 0.15) is 5.56 Å². The molecule has 0 bridgehead atoms. The fourth-order valence-corrected chi connectivity index (χ4v) is 2.00. The second-order valence-corrected chi connectivity index (χ2v) is 4.79. The maximum absolute atomic E-state index is 12.5. The van der Waals surface area contributed by atoms with E-state index in [0.717, 1.165) is 12.8 Å². The molecule has 0 heterocycles. The number of rotatable bonds is 8. The van der Waals surface area contributed by atoms with Crippen LogP contribution >= 0.6 is 0 Å². The standard InChI is InChI=1S/C15H22N2O5/c1-5-7-8-16(3)15(18)11-9-14(22-6-2)13(21-4)10-12(11)17(19)20/h9-10H,5-8H2,1-4H3. The minimum atomic E-state index is -0.584. The Hall–Kier alpha value is -2.31. The van der Waals surface area contributed by atoms with Crippen molar-refractivity contribution in [2.75, 3.05) is 27.3 Å². The molecule has 122 valence electrons. The first-order chi connectivity index (χ1) is 10.5. The van der Waals surface area contributed by atoms with Gasteiger partial charge in [-0.15, -0.1) is 0 Å². The minimum absolute atomic E-state index is 0.00727. The maximum atomic E-state index is 12.5. The molecule has 1 aromatic rings. The molecule has 0 aliphatic heterocycles. The van der Waals surface area contributed by atoms with E-state index in [1.165, 1.54) is 24.1 Å². The Labute approximate surface area is 130 Å². The second-order valence-electron chi connectivity index (χ2n) is 4.79. The molecule has 7 nitrogen and oxygen atoms in total. The van der Waals surface area contributed by atoms with E-state index in [-0.39, 0.29) is 17.0 Å². The van der Waals surface area contributed by atoms with Gasteiger partial charge in [-0.1, -0.05) is 13.3 Å². The number of hydrogen-bond acceptors (Lipinski definition) is 5. The Morgan fingerprint density at radius 1 is 1.32 bits per heavy atom. The normalized spacial score (nSPS) is 10.2. The summed E-state index contributed by atoms with van der Waals surface area (Å²) in [7, 11) is 3.03. The van der Waals surface area contributed by atoms with Crippen molar-refractivity contribution in [3.8, 4) is 11.5 Å². The topological polar surface area (TPSA) is 81.9 Å². The molecule has 0 aromatic heterocycles. The van der Waals surface area contributed by atoms with Gasteiger partial charge < -0.3 is 14.4 Å². The summed E-state index contributed by atoms with van der Waals surface area (Å²) in [5.41, 5.74) is -0.276. The first kappa shape index (κ1) is 17.7. The molecular weight excluding hydrogens is 288 g/mol. The van der Waals surface area contributed by atoms with Gasteiger partial charge in [0, 0.05) is 19.7 Å². The van der Waals surface area contributed by atoms with Crippen molar-refractivity contribution in [3.05, 3.63) is 27.8 Å². The summed E-state index contributed by atoms with van der Waals surface area (Å²) in [5.74, 6) is 0.160. The van der Waals surface area contributed by atoms with E-state index in [2.05, 4.69) is 0 Å². The SMILES string of the molecule is CCCCN(C)C(=O)c1cc(OCC)c(OC)cc1[N+](=O)[O-]. The van der Waals surface area contributed by atoms with Crippen molar-refractivity contribution < 1.29 is 19.2 Å². The highest BCUT2D eigenvalue weighted by molar-refractivity contribution is 5.99. The number of carbonyl (C=O) groups excluding carboxylic acids is 1. The Morgan fingerprint density at radius 3 is 2.50 bits per heavy atom. The quantitative estimate of drug-likeness (QED) is 0.544. The molecule has 7 heteroatoms. The number of methoxy groups -OCH3 is 1. The number of carbonyl (C=O) groups is 1. The number of amides is 1. The largest absolute Gasteiger partial charge is 0.493 e. The van der Waals surface area contributed by atoms with E-state index < -0.39 is 10.8 Å². The molecule has 0 fully saturated rings. The lowest BCUT2D eigenvalue weighted by molar-refractivity contribution is -0.385. The predicted molar refractivity (Wildman–Crippen MR) is 82.7 cm³/mol. The van der Waals surface area contributed by atoms with Gasteiger partial charge in [-0.25, -0.2) is 0 Å². The highest BCUT2D eigenvalue weighted by Crippen LogP contribution is 2.35. The van der Waals surface area contributed by atoms with Crippen LogP contribution in [0.1, 0.15) is 37.0 Å². The fourth-order valence-electron chi connectivity index (χ4n) is 2.00. The summed E-state index contributed by atoms with van der Waals surface area (Å²) in [4.78, 5) is 24.6. The zero-order valence-electron chi connectivity index (χ0n) is 13.4. The van der Waals surface area contributed by atoms with Crippen molar-refractivity contribution >= 4 is 11.6 Å². The Morgan fingerprint density at radius 2 is 2.00 bits per heavy atom. The summed E-state index contributed by atoms with van der Waals surface area (Å²) >= 11 is 0. The number of benzene rings is 1. The van der Waals surface area contributed by atoms with Crippen LogP contribution in [0, 0.1) is 10.1 Å². The molecule has 22 heavy (non-hydrogen) atoms. The monoisotopic (exact) mass is 310 g/mol. The molecule has 1 amide bonds. The van der Waals surface area contributed by atoms with Gasteiger partial charge in [0.05, 0.1) is 24.7 Å². The summed E-state index contributed by atoms with van der Waals surface area (Å²) in [6.45, 7) is 4.72. The van der Waals surface area contributed by atoms with Crippen LogP contribution in [0.5, 0.6) is 11.5 Å². The molecule has 0 atom stereocenters. The van der Waals surface area contributed by atoms with Crippen LogP contribution in [0.2, 0.25) is 0 Å². The molecule has 1 rings (SSSR count). The van der Waals surface area contributed by atoms with Crippen molar-refractivity contribution in [3.63, 3.8) is 0 Å². The number of nitrogens with zero attached hydrogens (tertiary/aromatic N) is 2. The first-order valence-corrected chi connectivity index (χ1v) is 7.20.